The van der Waals surface area contributed by atoms with Crippen molar-refractivity contribution in [2.75, 3.05) is 26.2 Å². The maximum atomic E-state index is 13.8. The van der Waals surface area contributed by atoms with Gasteiger partial charge in [0.25, 0.3) is 0 Å². The lowest BCUT2D eigenvalue weighted by atomic mass is 9.97. The van der Waals surface area contributed by atoms with Crippen molar-refractivity contribution in [3.63, 3.8) is 0 Å². The van der Waals surface area contributed by atoms with Crippen LogP contribution in [-0.4, -0.2) is 62.5 Å². The van der Waals surface area contributed by atoms with Crippen molar-refractivity contribution in [1.29, 1.82) is 0 Å². The van der Waals surface area contributed by atoms with Crippen molar-refractivity contribution in [3.05, 3.63) is 65.2 Å². The standard InChI is InChI=1S/C26H29FN4O3/c27-20-4-1-3-18(15-20)16-31-23-17-30(14-8-21(23)22-5-2-10-28-25(22)31)24(32)9-13-29-11-6-19(7-12-29)26(33)34/h1-5,10,15,19H,6-9,11-14,16-17H2,(H,33,34). The predicted molar refractivity (Wildman–Crippen MR) is 126 cm³/mol. The molecule has 1 aromatic carbocycles. The summed E-state index contributed by atoms with van der Waals surface area (Å²) < 4.78 is 15.9. The molecular formula is C26H29FN4O3. The van der Waals surface area contributed by atoms with Crippen molar-refractivity contribution >= 4 is 22.9 Å². The van der Waals surface area contributed by atoms with Gasteiger partial charge in [-0.15, -0.1) is 0 Å². The van der Waals surface area contributed by atoms with E-state index >= 15 is 0 Å². The summed E-state index contributed by atoms with van der Waals surface area (Å²) in [7, 11) is 0. The zero-order chi connectivity index (χ0) is 23.7. The van der Waals surface area contributed by atoms with E-state index in [1.165, 1.54) is 11.6 Å². The van der Waals surface area contributed by atoms with Crippen molar-refractivity contribution in [1.82, 2.24) is 19.4 Å². The van der Waals surface area contributed by atoms with Crippen LogP contribution in [0.2, 0.25) is 0 Å². The van der Waals surface area contributed by atoms with Crippen LogP contribution in [-0.2, 0) is 29.1 Å². The van der Waals surface area contributed by atoms with E-state index in [0.29, 0.717) is 45.4 Å². The average Bonchev–Trinajstić information content (AvgIpc) is 3.16. The molecule has 1 N–H and O–H groups in total. The highest BCUT2D eigenvalue weighted by atomic mass is 19.1. The summed E-state index contributed by atoms with van der Waals surface area (Å²) in [5.41, 5.74) is 4.02. The normalized spacial score (nSPS) is 17.1. The first-order valence-corrected chi connectivity index (χ1v) is 11.9. The number of carbonyl (C=O) groups excluding carboxylic acids is 1. The fraction of sp³-hybridized carbons (Fsp3) is 0.423. The van der Waals surface area contributed by atoms with E-state index in [-0.39, 0.29) is 17.6 Å². The molecule has 2 aliphatic rings. The molecule has 178 valence electrons. The number of carboxylic acids is 1. The van der Waals surface area contributed by atoms with Gasteiger partial charge >= 0.3 is 5.97 Å². The number of aliphatic carboxylic acids is 1. The monoisotopic (exact) mass is 464 g/mol. The Morgan fingerprint density at radius 3 is 2.71 bits per heavy atom. The van der Waals surface area contributed by atoms with Crippen LogP contribution < -0.4 is 0 Å². The zero-order valence-electron chi connectivity index (χ0n) is 19.1. The lowest BCUT2D eigenvalue weighted by molar-refractivity contribution is -0.143. The Morgan fingerprint density at radius 2 is 1.94 bits per heavy atom. The number of nitrogens with zero attached hydrogens (tertiary/aromatic N) is 4. The summed E-state index contributed by atoms with van der Waals surface area (Å²) in [4.78, 5) is 32.9. The van der Waals surface area contributed by atoms with Crippen LogP contribution in [0.1, 0.15) is 36.1 Å². The number of hydrogen-bond donors (Lipinski definition) is 1. The van der Waals surface area contributed by atoms with Gasteiger partial charge in [-0.25, -0.2) is 9.37 Å². The Kier molecular flexibility index (Phi) is 6.32. The Balaban J connectivity index is 1.30. The molecule has 1 amide bonds. The van der Waals surface area contributed by atoms with Crippen LogP contribution in [0.5, 0.6) is 0 Å². The SMILES string of the molecule is O=C(O)C1CCN(CCC(=O)N2CCc3c(n(Cc4cccc(F)c4)c4ncccc34)C2)CC1. The number of hydrogen-bond acceptors (Lipinski definition) is 4. The van der Waals surface area contributed by atoms with Crippen molar-refractivity contribution in [2.45, 2.75) is 38.8 Å². The van der Waals surface area contributed by atoms with Gasteiger partial charge in [-0.2, -0.15) is 0 Å². The molecule has 5 rings (SSSR count). The zero-order valence-corrected chi connectivity index (χ0v) is 19.1. The third-order valence-electron chi connectivity index (χ3n) is 7.18. The number of benzene rings is 1. The summed E-state index contributed by atoms with van der Waals surface area (Å²) in [6.45, 7) is 3.79. The van der Waals surface area contributed by atoms with Gasteiger partial charge in [0.1, 0.15) is 11.5 Å². The number of amides is 1. The first-order chi connectivity index (χ1) is 16.5. The highest BCUT2D eigenvalue weighted by Crippen LogP contribution is 2.31. The maximum absolute atomic E-state index is 13.8. The first kappa shape index (κ1) is 22.5. The number of carboxylic acid groups (broad SMARTS) is 1. The Labute approximate surface area is 197 Å². The second-order valence-electron chi connectivity index (χ2n) is 9.29. The number of aromatic nitrogens is 2. The topological polar surface area (TPSA) is 78.7 Å². The highest BCUT2D eigenvalue weighted by Gasteiger charge is 2.28. The van der Waals surface area contributed by atoms with Gasteiger partial charge in [0, 0.05) is 43.3 Å². The van der Waals surface area contributed by atoms with Gasteiger partial charge in [-0.3, -0.25) is 9.59 Å². The summed E-state index contributed by atoms with van der Waals surface area (Å²) in [5.74, 6) is -1.13. The maximum Gasteiger partial charge on any atom is 0.306 e. The van der Waals surface area contributed by atoms with E-state index in [1.54, 1.807) is 18.3 Å². The second-order valence-corrected chi connectivity index (χ2v) is 9.29. The molecule has 0 radical (unpaired) electrons. The quantitative estimate of drug-likeness (QED) is 0.606. The fourth-order valence-electron chi connectivity index (χ4n) is 5.28. The molecular weight excluding hydrogens is 435 g/mol. The number of carbonyl (C=O) groups is 2. The molecule has 0 unspecified atom stereocenters. The van der Waals surface area contributed by atoms with E-state index in [4.69, 9.17) is 0 Å². The molecule has 1 saturated heterocycles. The minimum atomic E-state index is -0.719. The molecule has 4 heterocycles. The van der Waals surface area contributed by atoms with Crippen LogP contribution >= 0.6 is 0 Å². The van der Waals surface area contributed by atoms with Crippen LogP contribution in [0.25, 0.3) is 11.0 Å². The third kappa shape index (κ3) is 4.55. The molecule has 7 nitrogen and oxygen atoms in total. The Morgan fingerprint density at radius 1 is 1.12 bits per heavy atom. The lowest BCUT2D eigenvalue weighted by Crippen LogP contribution is -2.41. The molecule has 0 saturated carbocycles. The molecule has 0 aliphatic carbocycles. The minimum absolute atomic E-state index is 0.113. The van der Waals surface area contributed by atoms with Crippen molar-refractivity contribution < 1.29 is 19.1 Å². The second kappa shape index (κ2) is 9.54. The fourth-order valence-corrected chi connectivity index (χ4v) is 5.28. The van der Waals surface area contributed by atoms with E-state index in [1.807, 2.05) is 17.0 Å². The van der Waals surface area contributed by atoms with Crippen molar-refractivity contribution in [2.24, 2.45) is 5.92 Å². The van der Waals surface area contributed by atoms with Crippen LogP contribution in [0.15, 0.2) is 42.6 Å². The van der Waals surface area contributed by atoms with E-state index in [2.05, 4.69) is 20.5 Å². The highest BCUT2D eigenvalue weighted by molar-refractivity contribution is 5.84. The first-order valence-electron chi connectivity index (χ1n) is 11.9. The number of fused-ring (bicyclic) bond motifs is 3. The molecule has 0 atom stereocenters. The molecule has 3 aromatic rings. The Hall–Kier alpha value is -3.26. The number of likely N-dealkylation sites (tertiary alicyclic amines) is 1. The average molecular weight is 465 g/mol. The molecule has 1 fully saturated rings. The smallest absolute Gasteiger partial charge is 0.306 e. The van der Waals surface area contributed by atoms with Crippen LogP contribution in [0.4, 0.5) is 4.39 Å². The Bertz CT molecular complexity index is 1220. The molecule has 0 bridgehead atoms. The number of halogens is 1. The van der Waals surface area contributed by atoms with E-state index in [0.717, 1.165) is 41.8 Å². The van der Waals surface area contributed by atoms with E-state index in [9.17, 15) is 19.1 Å². The van der Waals surface area contributed by atoms with Crippen molar-refractivity contribution in [3.8, 4) is 0 Å². The summed E-state index contributed by atoms with van der Waals surface area (Å²) in [6.07, 6.45) is 4.25. The molecule has 34 heavy (non-hydrogen) atoms. The molecule has 2 aliphatic heterocycles. The minimum Gasteiger partial charge on any atom is -0.481 e. The van der Waals surface area contributed by atoms with Gasteiger partial charge in [0.05, 0.1) is 12.5 Å². The van der Waals surface area contributed by atoms with Crippen LogP contribution in [0, 0.1) is 11.7 Å². The number of piperidine rings is 1. The molecule has 0 spiro atoms. The van der Waals surface area contributed by atoms with E-state index < -0.39 is 5.97 Å². The summed E-state index contributed by atoms with van der Waals surface area (Å²) in [5, 5.41) is 10.3. The van der Waals surface area contributed by atoms with Crippen LogP contribution in [0.3, 0.4) is 0 Å². The van der Waals surface area contributed by atoms with Gasteiger partial charge in [0.15, 0.2) is 0 Å². The third-order valence-corrected chi connectivity index (χ3v) is 7.18. The van der Waals surface area contributed by atoms with Gasteiger partial charge < -0.3 is 19.5 Å². The van der Waals surface area contributed by atoms with Gasteiger partial charge in [-0.1, -0.05) is 12.1 Å². The number of rotatable bonds is 6. The summed E-state index contributed by atoms with van der Waals surface area (Å²) >= 11 is 0. The summed E-state index contributed by atoms with van der Waals surface area (Å²) in [6, 6.07) is 10.6. The van der Waals surface area contributed by atoms with Gasteiger partial charge in [0.2, 0.25) is 5.91 Å². The largest absolute Gasteiger partial charge is 0.481 e. The van der Waals surface area contributed by atoms with Gasteiger partial charge in [-0.05, 0) is 67.7 Å². The predicted octanol–water partition coefficient (Wildman–Crippen LogP) is 3.30. The number of pyridine rings is 1. The molecule has 2 aromatic heterocycles. The lowest BCUT2D eigenvalue weighted by Gasteiger charge is -2.32. The molecule has 8 heteroatoms.